The second-order valence-corrected chi connectivity index (χ2v) is 5.92. The van der Waals surface area contributed by atoms with E-state index in [1.807, 2.05) is 19.1 Å². The molecule has 5 heteroatoms. The average Bonchev–Trinajstić information content (AvgIpc) is 2.51. The lowest BCUT2D eigenvalue weighted by atomic mass is 9.96. The van der Waals surface area contributed by atoms with Crippen molar-refractivity contribution in [1.29, 1.82) is 0 Å². The molecule has 0 saturated carbocycles. The fourth-order valence-electron chi connectivity index (χ4n) is 2.22. The van der Waals surface area contributed by atoms with Gasteiger partial charge in [-0.25, -0.2) is 0 Å². The number of hydrogen-bond acceptors (Lipinski definition) is 2. The van der Waals surface area contributed by atoms with E-state index in [1.54, 1.807) is 36.4 Å². The highest BCUT2D eigenvalue weighted by Crippen LogP contribution is 2.17. The highest BCUT2D eigenvalue weighted by atomic mass is 35.5. The van der Waals surface area contributed by atoms with Crippen molar-refractivity contribution in [1.82, 2.24) is 0 Å². The summed E-state index contributed by atoms with van der Waals surface area (Å²) in [6.07, 6.45) is 0.208. The molecular formula is C18H18ClNO3. The fourth-order valence-corrected chi connectivity index (χ4v) is 2.35. The lowest BCUT2D eigenvalue weighted by Crippen LogP contribution is -2.24. The highest BCUT2D eigenvalue weighted by molar-refractivity contribution is 6.30. The van der Waals surface area contributed by atoms with E-state index in [0.717, 1.165) is 11.1 Å². The van der Waals surface area contributed by atoms with E-state index < -0.39 is 11.9 Å². The Hall–Kier alpha value is -2.33. The van der Waals surface area contributed by atoms with Crippen LogP contribution in [0.4, 0.5) is 5.69 Å². The normalized spacial score (nSPS) is 11.7. The number of aryl methyl sites for hydroxylation is 1. The van der Waals surface area contributed by atoms with Crippen LogP contribution in [0.15, 0.2) is 48.5 Å². The van der Waals surface area contributed by atoms with Crippen LogP contribution in [0, 0.1) is 12.8 Å². The molecule has 0 radical (unpaired) electrons. The molecule has 2 rings (SSSR count). The summed E-state index contributed by atoms with van der Waals surface area (Å²) in [6.45, 7) is 1.96. The maximum Gasteiger partial charge on any atom is 0.307 e. The molecule has 1 amide bonds. The van der Waals surface area contributed by atoms with E-state index in [2.05, 4.69) is 5.32 Å². The molecule has 120 valence electrons. The SMILES string of the molecule is Cc1ccc(NC(=O)CC(Cc2ccc(Cl)cc2)C(=O)O)cc1. The van der Waals surface area contributed by atoms with Gasteiger partial charge in [-0.1, -0.05) is 41.4 Å². The minimum absolute atomic E-state index is 0.0775. The summed E-state index contributed by atoms with van der Waals surface area (Å²) in [6, 6.07) is 14.3. The molecule has 0 aliphatic rings. The monoisotopic (exact) mass is 331 g/mol. The number of carboxylic acids is 1. The minimum Gasteiger partial charge on any atom is -0.481 e. The molecular weight excluding hydrogens is 314 g/mol. The predicted octanol–water partition coefficient (Wildman–Crippen LogP) is 3.92. The Labute approximate surface area is 140 Å². The number of carboxylic acid groups (broad SMARTS) is 1. The van der Waals surface area contributed by atoms with Gasteiger partial charge in [-0.2, -0.15) is 0 Å². The lowest BCUT2D eigenvalue weighted by molar-refractivity contribution is -0.143. The molecule has 0 bridgehead atoms. The number of nitrogens with one attached hydrogen (secondary N) is 1. The predicted molar refractivity (Wildman–Crippen MR) is 90.7 cm³/mol. The molecule has 2 aromatic carbocycles. The standard InChI is InChI=1S/C18H18ClNO3/c1-12-2-8-16(9-3-12)20-17(21)11-14(18(22)23)10-13-4-6-15(19)7-5-13/h2-9,14H,10-11H2,1H3,(H,20,21)(H,22,23). The Balaban J connectivity index is 1.98. The molecule has 0 fully saturated rings. The van der Waals surface area contributed by atoms with Gasteiger partial charge in [-0.3, -0.25) is 9.59 Å². The van der Waals surface area contributed by atoms with Gasteiger partial charge in [0.15, 0.2) is 0 Å². The quantitative estimate of drug-likeness (QED) is 0.843. The zero-order valence-corrected chi connectivity index (χ0v) is 13.5. The first-order valence-corrected chi connectivity index (χ1v) is 7.65. The molecule has 4 nitrogen and oxygen atoms in total. The first-order valence-electron chi connectivity index (χ1n) is 7.28. The van der Waals surface area contributed by atoms with Gasteiger partial charge in [0.25, 0.3) is 0 Å². The number of carbonyl (C=O) groups is 2. The molecule has 0 aromatic heterocycles. The highest BCUT2D eigenvalue weighted by Gasteiger charge is 2.21. The molecule has 1 atom stereocenters. The second kappa shape index (κ2) is 7.79. The van der Waals surface area contributed by atoms with Gasteiger partial charge in [0.1, 0.15) is 0 Å². The summed E-state index contributed by atoms with van der Waals surface area (Å²) >= 11 is 5.82. The van der Waals surface area contributed by atoms with Gasteiger partial charge in [0.2, 0.25) is 5.91 Å². The van der Waals surface area contributed by atoms with Crippen LogP contribution in [-0.4, -0.2) is 17.0 Å². The fraction of sp³-hybridized carbons (Fsp3) is 0.222. The third kappa shape index (κ3) is 5.42. The van der Waals surface area contributed by atoms with E-state index in [-0.39, 0.29) is 18.7 Å². The third-order valence-corrected chi connectivity index (χ3v) is 3.76. The summed E-state index contributed by atoms with van der Waals surface area (Å²) in [7, 11) is 0. The first-order chi connectivity index (χ1) is 10.9. The zero-order chi connectivity index (χ0) is 16.8. The van der Waals surface area contributed by atoms with Crippen molar-refractivity contribution in [2.24, 2.45) is 5.92 Å². The van der Waals surface area contributed by atoms with E-state index in [0.29, 0.717) is 10.7 Å². The van der Waals surface area contributed by atoms with Crippen LogP contribution < -0.4 is 5.32 Å². The van der Waals surface area contributed by atoms with E-state index in [1.165, 1.54) is 0 Å². The van der Waals surface area contributed by atoms with Crippen LogP contribution in [0.5, 0.6) is 0 Å². The van der Waals surface area contributed by atoms with Crippen molar-refractivity contribution < 1.29 is 14.7 Å². The van der Waals surface area contributed by atoms with Crippen LogP contribution in [-0.2, 0) is 16.0 Å². The average molecular weight is 332 g/mol. The number of anilines is 1. The Kier molecular flexibility index (Phi) is 5.77. The number of benzene rings is 2. The lowest BCUT2D eigenvalue weighted by Gasteiger charge is -2.13. The maximum absolute atomic E-state index is 12.1. The topological polar surface area (TPSA) is 66.4 Å². The van der Waals surface area contributed by atoms with Crippen molar-refractivity contribution in [2.75, 3.05) is 5.32 Å². The molecule has 0 spiro atoms. The molecule has 0 aliphatic heterocycles. The zero-order valence-electron chi connectivity index (χ0n) is 12.8. The van der Waals surface area contributed by atoms with Gasteiger partial charge in [0, 0.05) is 17.1 Å². The second-order valence-electron chi connectivity index (χ2n) is 5.48. The third-order valence-electron chi connectivity index (χ3n) is 3.51. The van der Waals surface area contributed by atoms with Crippen LogP contribution in [0.2, 0.25) is 5.02 Å². The molecule has 0 heterocycles. The van der Waals surface area contributed by atoms with Crippen LogP contribution >= 0.6 is 11.6 Å². The maximum atomic E-state index is 12.1. The molecule has 2 aromatic rings. The number of rotatable bonds is 6. The Morgan fingerprint density at radius 3 is 2.26 bits per heavy atom. The minimum atomic E-state index is -0.987. The van der Waals surface area contributed by atoms with Crippen molar-refractivity contribution in [3.63, 3.8) is 0 Å². The van der Waals surface area contributed by atoms with Gasteiger partial charge < -0.3 is 10.4 Å². The Morgan fingerprint density at radius 2 is 1.70 bits per heavy atom. The van der Waals surface area contributed by atoms with Crippen molar-refractivity contribution in [2.45, 2.75) is 19.8 Å². The summed E-state index contributed by atoms with van der Waals surface area (Å²) in [5, 5.41) is 12.7. The van der Waals surface area contributed by atoms with E-state index in [4.69, 9.17) is 11.6 Å². The van der Waals surface area contributed by atoms with Crippen LogP contribution in [0.3, 0.4) is 0 Å². The smallest absolute Gasteiger partial charge is 0.307 e. The molecule has 0 aliphatic carbocycles. The summed E-state index contributed by atoms with van der Waals surface area (Å²) in [5.74, 6) is -2.07. The largest absolute Gasteiger partial charge is 0.481 e. The summed E-state index contributed by atoms with van der Waals surface area (Å²) in [5.41, 5.74) is 2.59. The van der Waals surface area contributed by atoms with Gasteiger partial charge >= 0.3 is 5.97 Å². The number of amides is 1. The van der Waals surface area contributed by atoms with Crippen molar-refractivity contribution >= 4 is 29.2 Å². The van der Waals surface area contributed by atoms with Crippen LogP contribution in [0.25, 0.3) is 0 Å². The van der Waals surface area contributed by atoms with E-state index >= 15 is 0 Å². The van der Waals surface area contributed by atoms with E-state index in [9.17, 15) is 14.7 Å². The number of aliphatic carboxylic acids is 1. The van der Waals surface area contributed by atoms with Gasteiger partial charge in [-0.15, -0.1) is 0 Å². The number of hydrogen-bond donors (Lipinski definition) is 2. The van der Waals surface area contributed by atoms with Crippen molar-refractivity contribution in [3.05, 3.63) is 64.7 Å². The summed E-state index contributed by atoms with van der Waals surface area (Å²) < 4.78 is 0. The number of carbonyl (C=O) groups excluding carboxylic acids is 1. The van der Waals surface area contributed by atoms with Gasteiger partial charge in [0.05, 0.1) is 5.92 Å². The number of halogens is 1. The first kappa shape index (κ1) is 17.0. The Morgan fingerprint density at radius 1 is 1.09 bits per heavy atom. The summed E-state index contributed by atoms with van der Waals surface area (Å²) in [4.78, 5) is 23.5. The van der Waals surface area contributed by atoms with Crippen LogP contribution in [0.1, 0.15) is 17.5 Å². The molecule has 1 unspecified atom stereocenters. The molecule has 0 saturated heterocycles. The van der Waals surface area contributed by atoms with Gasteiger partial charge in [-0.05, 0) is 43.2 Å². The molecule has 2 N–H and O–H groups in total. The Bertz CT molecular complexity index is 680. The molecule has 23 heavy (non-hydrogen) atoms. The van der Waals surface area contributed by atoms with Crippen molar-refractivity contribution in [3.8, 4) is 0 Å².